The van der Waals surface area contributed by atoms with Crippen LogP contribution in [0.3, 0.4) is 0 Å². The topological polar surface area (TPSA) is 62.4 Å². The fourth-order valence-electron chi connectivity index (χ4n) is 6.19. The lowest BCUT2D eigenvalue weighted by Crippen LogP contribution is -2.53. The summed E-state index contributed by atoms with van der Waals surface area (Å²) in [5.74, 6) is -1.75. The third-order valence-electron chi connectivity index (χ3n) is 7.75. The molecule has 1 saturated heterocycles. The highest BCUT2D eigenvalue weighted by Crippen LogP contribution is 2.60. The van der Waals surface area contributed by atoms with Crippen LogP contribution in [0.25, 0.3) is 10.9 Å². The van der Waals surface area contributed by atoms with Crippen LogP contribution >= 0.6 is 0 Å². The van der Waals surface area contributed by atoms with E-state index in [1.807, 2.05) is 43.5 Å². The third-order valence-corrected chi connectivity index (χ3v) is 8.61. The van der Waals surface area contributed by atoms with E-state index in [0.717, 1.165) is 51.9 Å². The van der Waals surface area contributed by atoms with Crippen molar-refractivity contribution in [2.75, 3.05) is 19.9 Å². The molecular weight excluding hydrogens is 470 g/mol. The van der Waals surface area contributed by atoms with E-state index in [1.165, 1.54) is 6.26 Å². The van der Waals surface area contributed by atoms with E-state index in [0.29, 0.717) is 13.0 Å². The van der Waals surface area contributed by atoms with Crippen molar-refractivity contribution in [1.82, 2.24) is 9.88 Å². The Balaban J connectivity index is 1.48. The Hall–Kier alpha value is -2.45. The van der Waals surface area contributed by atoms with Crippen LogP contribution in [0.5, 0.6) is 5.75 Å². The minimum atomic E-state index is -3.13. The first kappa shape index (κ1) is 24.3. The van der Waals surface area contributed by atoms with Crippen molar-refractivity contribution in [3.8, 4) is 5.75 Å². The molecule has 1 aromatic heterocycles. The molecule has 2 aliphatic rings. The van der Waals surface area contributed by atoms with E-state index < -0.39 is 15.8 Å². The number of fused-ring (bicyclic) bond motifs is 1. The number of alkyl halides is 2. The van der Waals surface area contributed by atoms with Crippen molar-refractivity contribution in [3.05, 3.63) is 64.8 Å². The minimum Gasteiger partial charge on any atom is -0.496 e. The van der Waals surface area contributed by atoms with Crippen LogP contribution in [-0.4, -0.2) is 44.1 Å². The molecular formula is C27H32F2N2O3S. The Labute approximate surface area is 205 Å². The first-order valence-corrected chi connectivity index (χ1v) is 14.1. The molecule has 5 nitrogen and oxygen atoms in total. The van der Waals surface area contributed by atoms with Crippen molar-refractivity contribution < 1.29 is 21.9 Å². The van der Waals surface area contributed by atoms with Crippen LogP contribution in [0.4, 0.5) is 8.78 Å². The number of ether oxygens (including phenoxy) is 1. The summed E-state index contributed by atoms with van der Waals surface area (Å²) < 4.78 is 57.0. The van der Waals surface area contributed by atoms with E-state index in [2.05, 4.69) is 16.0 Å². The van der Waals surface area contributed by atoms with Gasteiger partial charge in [0.25, 0.3) is 0 Å². The van der Waals surface area contributed by atoms with Crippen LogP contribution in [0.1, 0.15) is 54.0 Å². The molecule has 1 aliphatic carbocycles. The van der Waals surface area contributed by atoms with E-state index in [9.17, 15) is 17.2 Å². The van der Waals surface area contributed by atoms with Crippen molar-refractivity contribution in [2.24, 2.45) is 5.41 Å². The zero-order valence-corrected chi connectivity index (χ0v) is 21.2. The number of aromatic amines is 1. The molecule has 1 saturated carbocycles. The molecule has 2 aromatic carbocycles. The number of likely N-dealkylation sites (tertiary alicyclic amines) is 1. The van der Waals surface area contributed by atoms with Gasteiger partial charge in [-0.25, -0.2) is 17.2 Å². The van der Waals surface area contributed by atoms with Gasteiger partial charge >= 0.3 is 0 Å². The SMILES string of the molecule is COc1cc(C)c2[nH]ccc2c1CN1CCC2(C[C@@H]1c1ccc(CS(C)(=O)=O)cc1)CC(F)(F)C2. The van der Waals surface area contributed by atoms with Crippen LogP contribution in [-0.2, 0) is 22.1 Å². The lowest BCUT2D eigenvalue weighted by atomic mass is 9.59. The van der Waals surface area contributed by atoms with Crippen LogP contribution in [0, 0.1) is 12.3 Å². The van der Waals surface area contributed by atoms with Gasteiger partial charge in [-0.1, -0.05) is 24.3 Å². The molecule has 2 fully saturated rings. The largest absolute Gasteiger partial charge is 0.496 e. The first-order chi connectivity index (χ1) is 16.5. The number of H-pyrrole nitrogens is 1. The minimum absolute atomic E-state index is 0.0101. The lowest BCUT2D eigenvalue weighted by Gasteiger charge is -2.54. The summed E-state index contributed by atoms with van der Waals surface area (Å²) >= 11 is 0. The summed E-state index contributed by atoms with van der Waals surface area (Å²) in [6.45, 7) is 3.40. The van der Waals surface area contributed by atoms with Gasteiger partial charge in [-0.15, -0.1) is 0 Å². The second kappa shape index (κ2) is 8.59. The first-order valence-electron chi connectivity index (χ1n) is 12.0. The number of benzene rings is 2. The van der Waals surface area contributed by atoms with Gasteiger partial charge in [0.2, 0.25) is 5.92 Å². The number of rotatable bonds is 6. The second-order valence-electron chi connectivity index (χ2n) is 10.6. The van der Waals surface area contributed by atoms with Crippen LogP contribution < -0.4 is 4.74 Å². The van der Waals surface area contributed by atoms with E-state index in [-0.39, 0.29) is 30.1 Å². The second-order valence-corrected chi connectivity index (χ2v) is 12.7. The number of hydrogen-bond acceptors (Lipinski definition) is 4. The molecule has 1 N–H and O–H groups in total. The Morgan fingerprint density at radius 3 is 2.51 bits per heavy atom. The number of aromatic nitrogens is 1. The molecule has 0 unspecified atom stereocenters. The highest BCUT2D eigenvalue weighted by atomic mass is 32.2. The highest BCUT2D eigenvalue weighted by molar-refractivity contribution is 7.89. The maximum absolute atomic E-state index is 13.9. The van der Waals surface area contributed by atoms with Gasteiger partial charge in [0, 0.05) is 54.3 Å². The zero-order valence-electron chi connectivity index (χ0n) is 20.4. The maximum atomic E-state index is 13.9. The standard InChI is InChI=1S/C27H32F2N2O3S/c1-18-12-24(34-2)22(21-8-10-30-25(18)21)14-31-11-9-26(16-27(28,29)17-26)13-23(31)20-6-4-19(5-7-20)15-35(3,32)33/h4-8,10,12,23,30H,9,11,13-17H2,1-3H3/t23-/m1/s1. The number of nitrogens with zero attached hydrogens (tertiary/aromatic N) is 1. The summed E-state index contributed by atoms with van der Waals surface area (Å²) in [5, 5.41) is 1.11. The molecule has 2 heterocycles. The van der Waals surface area contributed by atoms with Gasteiger partial charge < -0.3 is 9.72 Å². The quantitative estimate of drug-likeness (QED) is 0.464. The predicted molar refractivity (Wildman–Crippen MR) is 134 cm³/mol. The lowest BCUT2D eigenvalue weighted by molar-refractivity contribution is -0.186. The number of halogens is 2. The average Bonchev–Trinajstić information content (AvgIpc) is 3.25. The van der Waals surface area contributed by atoms with Crippen molar-refractivity contribution >= 4 is 20.7 Å². The Kier molecular flexibility index (Phi) is 5.95. The number of aryl methyl sites for hydroxylation is 1. The van der Waals surface area contributed by atoms with Gasteiger partial charge in [-0.2, -0.15) is 0 Å². The molecule has 0 amide bonds. The summed E-state index contributed by atoms with van der Waals surface area (Å²) in [4.78, 5) is 5.69. The number of methoxy groups -OCH3 is 1. The third kappa shape index (κ3) is 4.83. The number of hydrogen-bond donors (Lipinski definition) is 1. The van der Waals surface area contributed by atoms with Gasteiger partial charge in [0.1, 0.15) is 5.75 Å². The monoisotopic (exact) mass is 502 g/mol. The van der Waals surface area contributed by atoms with Crippen molar-refractivity contribution in [3.63, 3.8) is 0 Å². The van der Waals surface area contributed by atoms with Gasteiger partial charge in [-0.05, 0) is 60.5 Å². The number of nitrogens with one attached hydrogen (secondary N) is 1. The molecule has 3 aromatic rings. The fraction of sp³-hybridized carbons (Fsp3) is 0.481. The molecule has 0 bridgehead atoms. The van der Waals surface area contributed by atoms with E-state index in [4.69, 9.17) is 4.74 Å². The van der Waals surface area contributed by atoms with Gasteiger partial charge in [0.15, 0.2) is 9.84 Å². The highest BCUT2D eigenvalue weighted by Gasteiger charge is 2.58. The average molecular weight is 503 g/mol. The molecule has 1 atom stereocenters. The summed E-state index contributed by atoms with van der Waals surface area (Å²) in [6.07, 6.45) is 4.47. The van der Waals surface area contributed by atoms with Crippen molar-refractivity contribution in [1.29, 1.82) is 0 Å². The van der Waals surface area contributed by atoms with Gasteiger partial charge in [-0.3, -0.25) is 4.90 Å². The predicted octanol–water partition coefficient (Wildman–Crippen LogP) is 5.78. The molecule has 35 heavy (non-hydrogen) atoms. The Bertz CT molecular complexity index is 1340. The molecule has 0 radical (unpaired) electrons. The molecule has 188 valence electrons. The van der Waals surface area contributed by atoms with Crippen molar-refractivity contribution in [2.45, 2.75) is 56.9 Å². The fourth-order valence-corrected chi connectivity index (χ4v) is 6.98. The zero-order chi connectivity index (χ0) is 25.0. The molecule has 1 spiro atoms. The Morgan fingerprint density at radius 2 is 1.89 bits per heavy atom. The van der Waals surface area contributed by atoms with Crippen LogP contribution in [0.2, 0.25) is 0 Å². The molecule has 1 aliphatic heterocycles. The number of piperidine rings is 1. The smallest absolute Gasteiger partial charge is 0.249 e. The van der Waals surface area contributed by atoms with E-state index in [1.54, 1.807) is 7.11 Å². The van der Waals surface area contributed by atoms with Gasteiger partial charge in [0.05, 0.1) is 12.9 Å². The summed E-state index contributed by atoms with van der Waals surface area (Å²) in [5.41, 5.74) is 4.71. The normalized spacial score (nSPS) is 21.8. The Morgan fingerprint density at radius 1 is 1.17 bits per heavy atom. The number of sulfone groups is 1. The maximum Gasteiger partial charge on any atom is 0.249 e. The summed E-state index contributed by atoms with van der Waals surface area (Å²) in [7, 11) is -1.45. The molecule has 8 heteroatoms. The van der Waals surface area contributed by atoms with Crippen LogP contribution in [0.15, 0.2) is 42.6 Å². The summed E-state index contributed by atoms with van der Waals surface area (Å²) in [6, 6.07) is 11.7. The molecule has 5 rings (SSSR count). The van der Waals surface area contributed by atoms with E-state index >= 15 is 0 Å².